The second kappa shape index (κ2) is 8.23. The van der Waals surface area contributed by atoms with Crippen LogP contribution in [0.3, 0.4) is 0 Å². The number of hydrazone groups is 1. The first-order chi connectivity index (χ1) is 12.3. The molecule has 0 atom stereocenters. The van der Waals surface area contributed by atoms with Gasteiger partial charge in [-0.15, -0.1) is 0 Å². The van der Waals surface area contributed by atoms with E-state index >= 15 is 0 Å². The van der Waals surface area contributed by atoms with Crippen LogP contribution < -0.4 is 15.3 Å². The average Bonchev–Trinajstić information content (AvgIpc) is 2.62. The number of nitrogens with two attached hydrogens (primary N) is 1. The molecule has 138 valence electrons. The zero-order valence-electron chi connectivity index (χ0n) is 13.4. The molecule has 0 unspecified atom stereocenters. The number of benzene rings is 1. The van der Waals surface area contributed by atoms with Gasteiger partial charge < -0.3 is 15.3 Å². The Kier molecular flexibility index (Phi) is 6.04. The van der Waals surface area contributed by atoms with Crippen molar-refractivity contribution in [3.8, 4) is 11.9 Å². The Hall–Kier alpha value is -3.24. The van der Waals surface area contributed by atoms with Crippen molar-refractivity contribution in [3.05, 3.63) is 41.8 Å². The molecule has 0 bridgehead atoms. The highest BCUT2D eigenvalue weighted by atomic mass is 19.4. The minimum Gasteiger partial charge on any atom is -0.481 e. The van der Waals surface area contributed by atoms with Crippen LogP contribution in [0.5, 0.6) is 11.9 Å². The molecule has 1 heterocycles. The standard InChI is InChI=1S/C15H13F4N5O2/c1-25-13-4-5-21-14(23-13)26-8-10(24-20)7-22-9-2-3-12(16)11(6-9)15(17,18)19/h2-7H,8,20H2,1H3. The summed E-state index contributed by atoms with van der Waals surface area (Å²) in [4.78, 5) is 11.5. The number of nitrogens with zero attached hydrogens (tertiary/aromatic N) is 4. The molecule has 0 spiro atoms. The minimum atomic E-state index is -4.83. The first-order valence-corrected chi connectivity index (χ1v) is 7.01. The number of alkyl halides is 3. The summed E-state index contributed by atoms with van der Waals surface area (Å²) in [6.07, 6.45) is -2.33. The number of aliphatic imine (C=N–C) groups is 1. The molecule has 26 heavy (non-hydrogen) atoms. The maximum Gasteiger partial charge on any atom is 0.419 e. The second-order valence-electron chi connectivity index (χ2n) is 4.71. The fourth-order valence-electron chi connectivity index (χ4n) is 1.71. The van der Waals surface area contributed by atoms with Crippen molar-refractivity contribution >= 4 is 17.6 Å². The molecule has 0 aliphatic rings. The third-order valence-electron chi connectivity index (χ3n) is 2.95. The molecule has 1 aromatic heterocycles. The van der Waals surface area contributed by atoms with Crippen LogP contribution in [0.1, 0.15) is 5.56 Å². The lowest BCUT2D eigenvalue weighted by atomic mass is 10.2. The van der Waals surface area contributed by atoms with Crippen LogP contribution in [0.25, 0.3) is 0 Å². The van der Waals surface area contributed by atoms with Gasteiger partial charge in [-0.25, -0.2) is 9.37 Å². The maximum absolute atomic E-state index is 13.2. The van der Waals surface area contributed by atoms with Crippen molar-refractivity contribution in [1.29, 1.82) is 0 Å². The van der Waals surface area contributed by atoms with Gasteiger partial charge >= 0.3 is 12.2 Å². The molecule has 0 radical (unpaired) electrons. The van der Waals surface area contributed by atoms with E-state index in [0.717, 1.165) is 12.3 Å². The Balaban J connectivity index is 2.08. The van der Waals surface area contributed by atoms with Gasteiger partial charge in [-0.1, -0.05) is 0 Å². The topological polar surface area (TPSA) is 95.0 Å². The van der Waals surface area contributed by atoms with Crippen molar-refractivity contribution in [2.75, 3.05) is 13.7 Å². The van der Waals surface area contributed by atoms with Gasteiger partial charge in [0.2, 0.25) is 5.88 Å². The van der Waals surface area contributed by atoms with Crippen LogP contribution in [-0.2, 0) is 6.18 Å². The first kappa shape index (κ1) is 19.1. The minimum absolute atomic E-state index is 0.0139. The summed E-state index contributed by atoms with van der Waals surface area (Å²) in [7, 11) is 1.42. The average molecular weight is 371 g/mol. The van der Waals surface area contributed by atoms with E-state index in [1.807, 2.05) is 0 Å². The fraction of sp³-hybridized carbons (Fsp3) is 0.200. The fourth-order valence-corrected chi connectivity index (χ4v) is 1.71. The summed E-state index contributed by atoms with van der Waals surface area (Å²) in [5.74, 6) is 4.08. The zero-order valence-corrected chi connectivity index (χ0v) is 13.4. The van der Waals surface area contributed by atoms with Crippen molar-refractivity contribution in [1.82, 2.24) is 9.97 Å². The molecule has 2 N–H and O–H groups in total. The summed E-state index contributed by atoms with van der Waals surface area (Å²) in [6, 6.07) is 3.83. The van der Waals surface area contributed by atoms with Crippen molar-refractivity contribution in [3.63, 3.8) is 0 Å². The van der Waals surface area contributed by atoms with Gasteiger partial charge in [0.1, 0.15) is 18.1 Å². The first-order valence-electron chi connectivity index (χ1n) is 7.01. The third-order valence-corrected chi connectivity index (χ3v) is 2.95. The molecule has 11 heteroatoms. The highest BCUT2D eigenvalue weighted by Gasteiger charge is 2.34. The Morgan fingerprint density at radius 3 is 2.73 bits per heavy atom. The Bertz CT molecular complexity index is 824. The number of rotatable bonds is 6. The van der Waals surface area contributed by atoms with Crippen LogP contribution in [0.15, 0.2) is 40.6 Å². The quantitative estimate of drug-likeness (QED) is 0.365. The predicted octanol–water partition coefficient (Wildman–Crippen LogP) is 2.74. The smallest absolute Gasteiger partial charge is 0.419 e. The van der Waals surface area contributed by atoms with Crippen LogP contribution in [0.2, 0.25) is 0 Å². The zero-order chi connectivity index (χ0) is 19.2. The Labute approximate surface area is 145 Å². The highest BCUT2D eigenvalue weighted by Crippen LogP contribution is 2.33. The normalized spacial score (nSPS) is 12.4. The molecule has 0 saturated heterocycles. The molecule has 0 saturated carbocycles. The molecule has 7 nitrogen and oxygen atoms in total. The SMILES string of the molecule is COc1ccnc(OCC(C=Nc2ccc(F)c(C(F)(F)F)c2)=NN)n1. The summed E-state index contributed by atoms with van der Waals surface area (Å²) in [6.45, 7) is -0.194. The lowest BCUT2D eigenvalue weighted by molar-refractivity contribution is -0.139. The van der Waals surface area contributed by atoms with E-state index < -0.39 is 17.6 Å². The molecule has 0 fully saturated rings. The lowest BCUT2D eigenvalue weighted by Crippen LogP contribution is -2.16. The van der Waals surface area contributed by atoms with E-state index in [-0.39, 0.29) is 29.9 Å². The summed E-state index contributed by atoms with van der Waals surface area (Å²) in [5, 5.41) is 3.41. The molecular formula is C15H13F4N5O2. The third kappa shape index (κ3) is 5.13. The highest BCUT2D eigenvalue weighted by molar-refractivity contribution is 6.31. The van der Waals surface area contributed by atoms with E-state index in [9.17, 15) is 17.6 Å². The van der Waals surface area contributed by atoms with Gasteiger partial charge in [0.25, 0.3) is 0 Å². The number of aromatic nitrogens is 2. The van der Waals surface area contributed by atoms with Crippen LogP contribution >= 0.6 is 0 Å². The van der Waals surface area contributed by atoms with Gasteiger partial charge in [0.15, 0.2) is 0 Å². The van der Waals surface area contributed by atoms with Crippen molar-refractivity contribution < 1.29 is 27.0 Å². The lowest BCUT2D eigenvalue weighted by Gasteiger charge is -2.08. The van der Waals surface area contributed by atoms with E-state index in [0.29, 0.717) is 12.1 Å². The van der Waals surface area contributed by atoms with E-state index in [1.54, 1.807) is 0 Å². The van der Waals surface area contributed by atoms with Crippen molar-refractivity contribution in [2.45, 2.75) is 6.18 Å². The van der Waals surface area contributed by atoms with Gasteiger partial charge in [-0.2, -0.15) is 23.3 Å². The summed E-state index contributed by atoms with van der Waals surface area (Å²) >= 11 is 0. The molecule has 1 aromatic carbocycles. The predicted molar refractivity (Wildman–Crippen MR) is 85.3 cm³/mol. The Morgan fingerprint density at radius 1 is 1.31 bits per heavy atom. The summed E-state index contributed by atoms with van der Waals surface area (Å²) < 4.78 is 61.4. The number of hydrogen-bond acceptors (Lipinski definition) is 7. The van der Waals surface area contributed by atoms with E-state index in [1.165, 1.54) is 19.4 Å². The largest absolute Gasteiger partial charge is 0.481 e. The monoisotopic (exact) mass is 371 g/mol. The van der Waals surface area contributed by atoms with Crippen LogP contribution in [-0.4, -0.2) is 35.6 Å². The molecule has 0 amide bonds. The number of methoxy groups -OCH3 is 1. The van der Waals surface area contributed by atoms with Gasteiger partial charge in [-0.05, 0) is 18.2 Å². The summed E-state index contributed by atoms with van der Waals surface area (Å²) in [5.41, 5.74) is -1.45. The number of hydrogen-bond donors (Lipinski definition) is 1. The van der Waals surface area contributed by atoms with E-state index in [2.05, 4.69) is 20.1 Å². The van der Waals surface area contributed by atoms with Gasteiger partial charge in [-0.3, -0.25) is 4.99 Å². The molecule has 2 rings (SSSR count). The number of ether oxygens (including phenoxy) is 2. The molecule has 0 aliphatic carbocycles. The molecular weight excluding hydrogens is 358 g/mol. The second-order valence-corrected chi connectivity index (χ2v) is 4.71. The van der Waals surface area contributed by atoms with Gasteiger partial charge in [0, 0.05) is 12.3 Å². The van der Waals surface area contributed by atoms with Crippen LogP contribution in [0.4, 0.5) is 23.2 Å². The number of halogens is 4. The maximum atomic E-state index is 13.2. The molecule has 0 aliphatic heterocycles. The van der Waals surface area contributed by atoms with Crippen molar-refractivity contribution in [2.24, 2.45) is 15.9 Å². The van der Waals surface area contributed by atoms with Crippen LogP contribution in [0, 0.1) is 5.82 Å². The van der Waals surface area contributed by atoms with E-state index in [4.69, 9.17) is 15.3 Å². The Morgan fingerprint density at radius 2 is 2.08 bits per heavy atom. The van der Waals surface area contributed by atoms with Gasteiger partial charge in [0.05, 0.1) is 24.6 Å². The molecule has 2 aromatic rings.